The fraction of sp³-hybridized carbons (Fsp3) is 0.406. The first-order valence-corrected chi connectivity index (χ1v) is 30.9. The molecule has 35 heteroatoms. The standard InChI is InChI=1S/C64H78F3N15O17/c1-32(2)22-43(73-53(89)40(68)29-83)55(91)78-48(27-52(70)88)60(96)76-44(23-33-8-4-3-5-9-33)58(94)79-49(30-84)61(97)72-42(20-21-51(69)87)54(90)74-45(25-35-14-18-38(86)19-15-35)56(92)75-46(24-34-12-16-37(17-13-34)63(81-82-63)64(65,66)67)57(93)77-47(59(95)80-50(31-85)62(98)99)26-36-28-71-41-11-7-6-10-39(36)41/h3-19,28,32,40,42-50,71,83-86H,20-27,29-31,68H2,1-2H3,(H2,69,87)(H2,70,88)(H,72,97)(H,73,89)(H,74,90)(H,75,92)(H,76,96)(H,77,93)(H,78,91)(H,79,94)(H,80,95)(H,98,99)/t40-,42-,43-,44-,45-,46-,47-,48-,49-,50-/m0/s1. The van der Waals surface area contributed by atoms with Gasteiger partial charge in [-0.1, -0.05) is 98.8 Å². The summed E-state index contributed by atoms with van der Waals surface area (Å²) in [7, 11) is 0. The van der Waals surface area contributed by atoms with Gasteiger partial charge in [0.2, 0.25) is 65.0 Å². The van der Waals surface area contributed by atoms with E-state index in [4.69, 9.17) is 17.2 Å². The van der Waals surface area contributed by atoms with Crippen LogP contribution in [-0.4, -0.2) is 188 Å². The molecule has 532 valence electrons. The van der Waals surface area contributed by atoms with E-state index < -0.39 is 201 Å². The number of carbonyl (C=O) groups is 12. The van der Waals surface area contributed by atoms with Crippen LogP contribution in [0.5, 0.6) is 5.75 Å². The molecule has 6 rings (SSSR count). The zero-order valence-corrected chi connectivity index (χ0v) is 53.4. The number of nitrogens with one attached hydrogen (secondary N) is 10. The van der Waals surface area contributed by atoms with Crippen molar-refractivity contribution in [3.63, 3.8) is 0 Å². The van der Waals surface area contributed by atoms with Crippen molar-refractivity contribution < 1.29 is 96.2 Å². The Morgan fingerprint density at radius 2 is 0.909 bits per heavy atom. The quantitative estimate of drug-likeness (QED) is 0.0191. The third-order valence-corrected chi connectivity index (χ3v) is 15.6. The van der Waals surface area contributed by atoms with Gasteiger partial charge in [-0.05, 0) is 59.2 Å². The number of aromatic amines is 1. The summed E-state index contributed by atoms with van der Waals surface area (Å²) in [4.78, 5) is 167. The topological polar surface area (TPSA) is 533 Å². The van der Waals surface area contributed by atoms with Gasteiger partial charge in [0.1, 0.15) is 66.2 Å². The molecule has 0 aliphatic carbocycles. The smallest absolute Gasteiger partial charge is 0.442 e. The minimum absolute atomic E-state index is 0.0196. The lowest BCUT2D eigenvalue weighted by molar-refractivity contribution is -0.166. The lowest BCUT2D eigenvalue weighted by atomic mass is 9.97. The maximum absolute atomic E-state index is 15.0. The molecule has 5 aromatic rings. The van der Waals surface area contributed by atoms with Gasteiger partial charge in [0.05, 0.1) is 26.2 Å². The molecule has 1 aromatic heterocycles. The van der Waals surface area contributed by atoms with Gasteiger partial charge >= 0.3 is 17.8 Å². The summed E-state index contributed by atoms with van der Waals surface area (Å²) in [6.45, 7) is 0.334. The fourth-order valence-electron chi connectivity index (χ4n) is 10.2. The normalized spacial score (nSPS) is 15.3. The number of hydrogen-bond donors (Lipinski definition) is 18. The Bertz CT molecular complexity index is 3740. The van der Waals surface area contributed by atoms with Crippen LogP contribution in [0.25, 0.3) is 10.9 Å². The number of carboxylic acids is 1. The number of rotatable bonds is 38. The van der Waals surface area contributed by atoms with Crippen molar-refractivity contribution in [2.24, 2.45) is 33.3 Å². The predicted molar refractivity (Wildman–Crippen MR) is 343 cm³/mol. The number of aromatic nitrogens is 1. The Hall–Kier alpha value is -10.9. The fourth-order valence-corrected chi connectivity index (χ4v) is 10.2. The van der Waals surface area contributed by atoms with Crippen molar-refractivity contribution >= 4 is 81.9 Å². The van der Waals surface area contributed by atoms with E-state index >= 15 is 0 Å². The van der Waals surface area contributed by atoms with Gasteiger partial charge in [0.25, 0.3) is 0 Å². The monoisotopic (exact) mass is 1390 g/mol. The average molecular weight is 1390 g/mol. The molecule has 21 N–H and O–H groups in total. The number of primary amides is 2. The van der Waals surface area contributed by atoms with Crippen LogP contribution in [0, 0.1) is 5.92 Å². The van der Waals surface area contributed by atoms with E-state index in [1.165, 1.54) is 42.6 Å². The number of benzene rings is 4. The summed E-state index contributed by atoms with van der Waals surface area (Å²) in [5.74, 6) is -14.5. The number of fused-ring (bicyclic) bond motifs is 1. The van der Waals surface area contributed by atoms with Crippen LogP contribution in [0.15, 0.2) is 120 Å². The number of aliphatic hydroxyl groups excluding tert-OH is 3. The highest BCUT2D eigenvalue weighted by atomic mass is 19.4. The molecule has 11 amide bonds. The maximum atomic E-state index is 15.0. The molecule has 0 radical (unpaired) electrons. The van der Waals surface area contributed by atoms with Crippen LogP contribution < -0.4 is 65.1 Å². The second-order valence-corrected chi connectivity index (χ2v) is 23.7. The Morgan fingerprint density at radius 3 is 1.38 bits per heavy atom. The molecule has 0 saturated carbocycles. The van der Waals surface area contributed by atoms with Crippen LogP contribution in [0.1, 0.15) is 67.3 Å². The highest BCUT2D eigenvalue weighted by Gasteiger charge is 2.65. The van der Waals surface area contributed by atoms with Gasteiger partial charge in [-0.2, -0.15) is 13.2 Å². The molecule has 1 aliphatic rings. The number of H-pyrrole nitrogens is 1. The van der Waals surface area contributed by atoms with Crippen LogP contribution >= 0.6 is 0 Å². The summed E-state index contributed by atoms with van der Waals surface area (Å²) in [6.07, 6.45) is -7.31. The van der Waals surface area contributed by atoms with Crippen molar-refractivity contribution in [3.8, 4) is 5.75 Å². The van der Waals surface area contributed by atoms with Crippen molar-refractivity contribution in [3.05, 3.63) is 137 Å². The highest BCUT2D eigenvalue weighted by Crippen LogP contribution is 2.52. The summed E-state index contributed by atoms with van der Waals surface area (Å²) in [5, 5.41) is 78.2. The molecular weight excluding hydrogens is 1310 g/mol. The predicted octanol–water partition coefficient (Wildman–Crippen LogP) is -2.74. The zero-order valence-electron chi connectivity index (χ0n) is 53.4. The SMILES string of the molecule is CC(C)C[C@H](NC(=O)[C@@H](N)CO)C(=O)N[C@@H](CC(N)=O)C(=O)N[C@@H](Cc1ccccc1)C(=O)N[C@@H](CO)C(=O)N[C@@H](CCC(N)=O)C(=O)N[C@@H](Cc1ccc(O)cc1)C(=O)N[C@@H](Cc1ccc(C2(C(F)(F)F)N=N2)cc1)C(=O)N[C@@H](Cc1c[nH]c2ccccc12)C(=O)N[C@@H](CO)C(=O)O. The number of phenolic OH excluding ortho intramolecular Hbond substituents is 1. The lowest BCUT2D eigenvalue weighted by Crippen LogP contribution is -2.62. The molecule has 0 saturated heterocycles. The molecule has 0 bridgehead atoms. The Morgan fingerprint density at radius 1 is 0.495 bits per heavy atom. The number of para-hydroxylation sites is 1. The number of carboxylic acid groups (broad SMARTS) is 1. The van der Waals surface area contributed by atoms with E-state index in [1.54, 1.807) is 68.4 Å². The van der Waals surface area contributed by atoms with Gasteiger partial charge in [0.15, 0.2) is 0 Å². The first-order valence-electron chi connectivity index (χ1n) is 30.9. The van der Waals surface area contributed by atoms with E-state index in [0.29, 0.717) is 22.0 Å². The van der Waals surface area contributed by atoms with E-state index in [0.717, 1.165) is 12.1 Å². The number of halogens is 3. The molecule has 2 heterocycles. The third-order valence-electron chi connectivity index (χ3n) is 15.6. The summed E-state index contributed by atoms with van der Waals surface area (Å²) in [6, 6.07) is 6.81. The molecular formula is C64H78F3N15O17. The first kappa shape index (κ1) is 77.1. The first-order chi connectivity index (χ1) is 46.8. The number of alkyl halides is 3. The Kier molecular flexibility index (Phi) is 27.5. The molecule has 0 fully saturated rings. The van der Waals surface area contributed by atoms with Gasteiger partial charge < -0.3 is 95.6 Å². The minimum Gasteiger partial charge on any atom is -0.508 e. The summed E-state index contributed by atoms with van der Waals surface area (Å²) < 4.78 is 42.2. The number of amides is 11. The van der Waals surface area contributed by atoms with Crippen molar-refractivity contribution in [1.82, 2.24) is 52.8 Å². The number of nitrogens with two attached hydrogens (primary N) is 3. The van der Waals surface area contributed by atoms with Crippen LogP contribution in [0.2, 0.25) is 0 Å². The highest BCUT2D eigenvalue weighted by molar-refractivity contribution is 6.00. The number of hydrogen-bond acceptors (Lipinski definition) is 19. The second kappa shape index (κ2) is 35.4. The summed E-state index contributed by atoms with van der Waals surface area (Å²) in [5.41, 5.74) is 15.1. The van der Waals surface area contributed by atoms with Gasteiger partial charge in [0, 0.05) is 54.8 Å². The number of aliphatic hydroxyl groups is 3. The molecule has 0 spiro atoms. The second-order valence-electron chi connectivity index (χ2n) is 23.7. The third kappa shape index (κ3) is 22.3. The van der Waals surface area contributed by atoms with Gasteiger partial charge in [-0.15, -0.1) is 10.2 Å². The van der Waals surface area contributed by atoms with Crippen molar-refractivity contribution in [2.75, 3.05) is 19.8 Å². The zero-order chi connectivity index (χ0) is 72.9. The van der Waals surface area contributed by atoms with Gasteiger partial charge in [-0.25, -0.2) is 4.79 Å². The molecule has 10 atom stereocenters. The number of aromatic hydroxyl groups is 1. The average Bonchev–Trinajstić information content (AvgIpc) is 1.58. The van der Waals surface area contributed by atoms with Crippen LogP contribution in [-0.2, 0) is 88.9 Å². The number of phenols is 1. The van der Waals surface area contributed by atoms with Crippen molar-refractivity contribution in [1.29, 1.82) is 0 Å². The van der Waals surface area contributed by atoms with Gasteiger partial charge in [-0.3, -0.25) is 52.7 Å². The lowest BCUT2D eigenvalue weighted by Gasteiger charge is -2.28. The van der Waals surface area contributed by atoms with Crippen molar-refractivity contribution in [2.45, 2.75) is 137 Å². The number of aliphatic carboxylic acids is 1. The summed E-state index contributed by atoms with van der Waals surface area (Å²) >= 11 is 0. The number of carbonyl (C=O) groups excluding carboxylic acids is 11. The van der Waals surface area contributed by atoms with E-state index in [1.807, 2.05) is 0 Å². The largest absolute Gasteiger partial charge is 0.508 e. The van der Waals surface area contributed by atoms with Crippen LogP contribution in [0.4, 0.5) is 13.2 Å². The minimum atomic E-state index is -4.94. The van der Waals surface area contributed by atoms with E-state index in [2.05, 4.69) is 63.1 Å². The molecule has 99 heavy (non-hydrogen) atoms. The molecule has 1 aliphatic heterocycles. The Labute approximate surface area is 562 Å². The number of nitrogens with zero attached hydrogens (tertiary/aromatic N) is 2. The molecule has 4 aromatic carbocycles. The molecule has 32 nitrogen and oxygen atoms in total. The van der Waals surface area contributed by atoms with Crippen LogP contribution in [0.3, 0.4) is 0 Å². The Balaban J connectivity index is 1.30. The van der Waals surface area contributed by atoms with E-state index in [-0.39, 0.29) is 42.1 Å². The molecule has 0 unspecified atom stereocenters. The maximum Gasteiger partial charge on any atom is 0.442 e. The van der Waals surface area contributed by atoms with E-state index in [9.17, 15) is 96.2 Å².